The highest BCUT2D eigenvalue weighted by molar-refractivity contribution is 6.46. The van der Waals surface area contributed by atoms with Crippen LogP contribution in [-0.2, 0) is 9.59 Å². The van der Waals surface area contributed by atoms with Gasteiger partial charge in [0, 0.05) is 5.02 Å². The maximum Gasteiger partial charge on any atom is 0.282 e. The Bertz CT molecular complexity index is 1280. The number of rotatable bonds is 6. The second-order valence-electron chi connectivity index (χ2n) is 7.71. The number of ether oxygens (including phenoxy) is 2. The maximum atomic E-state index is 13.7. The zero-order valence-electron chi connectivity index (χ0n) is 18.7. The number of halogens is 1. The molecule has 1 aliphatic heterocycles. The minimum absolute atomic E-state index is 0.148. The first-order valence-electron chi connectivity index (χ1n) is 10.3. The van der Waals surface area contributed by atoms with Crippen LogP contribution in [0.5, 0.6) is 11.5 Å². The number of carbonyl (C=O) groups excluding carboxylic acids is 2. The highest BCUT2D eigenvalue weighted by Gasteiger charge is 2.41. The van der Waals surface area contributed by atoms with Gasteiger partial charge >= 0.3 is 0 Å². The Labute approximate surface area is 197 Å². The summed E-state index contributed by atoms with van der Waals surface area (Å²) in [4.78, 5) is 28.4. The normalized spacial score (nSPS) is 13.5. The molecule has 0 unspecified atom stereocenters. The second-order valence-corrected chi connectivity index (χ2v) is 8.14. The van der Waals surface area contributed by atoms with Gasteiger partial charge < -0.3 is 14.8 Å². The standard InChI is InChI=1S/C26H23ClN2O4/c1-15-5-8-17(9-6-15)23-24(28-19-13-16(2)7-11-21(19)32-3)26(31)29(25(23)30)20-14-18(27)10-12-22(20)33-4/h5-14,28H,1-4H3. The second kappa shape index (κ2) is 9.00. The van der Waals surface area contributed by atoms with E-state index in [9.17, 15) is 9.59 Å². The number of anilines is 2. The monoisotopic (exact) mass is 462 g/mol. The molecule has 6 nitrogen and oxygen atoms in total. The molecular weight excluding hydrogens is 440 g/mol. The average Bonchev–Trinajstić information content (AvgIpc) is 3.04. The third-order valence-electron chi connectivity index (χ3n) is 5.42. The predicted molar refractivity (Wildman–Crippen MR) is 130 cm³/mol. The Hall–Kier alpha value is -3.77. The van der Waals surface area contributed by atoms with Gasteiger partial charge in [-0.15, -0.1) is 0 Å². The van der Waals surface area contributed by atoms with E-state index in [0.29, 0.717) is 27.8 Å². The van der Waals surface area contributed by atoms with Gasteiger partial charge in [0.25, 0.3) is 11.8 Å². The number of amides is 2. The molecule has 1 heterocycles. The number of carbonyl (C=O) groups is 2. The van der Waals surface area contributed by atoms with E-state index in [2.05, 4.69) is 5.32 Å². The van der Waals surface area contributed by atoms with Crippen molar-refractivity contribution in [3.05, 3.63) is 88.1 Å². The van der Waals surface area contributed by atoms with Crippen LogP contribution in [0.3, 0.4) is 0 Å². The lowest BCUT2D eigenvalue weighted by Gasteiger charge is -2.19. The molecular formula is C26H23ClN2O4. The molecule has 0 saturated heterocycles. The third kappa shape index (κ3) is 4.17. The smallest absolute Gasteiger partial charge is 0.282 e. The van der Waals surface area contributed by atoms with Gasteiger partial charge in [-0.2, -0.15) is 0 Å². The molecule has 0 atom stereocenters. The molecule has 0 aromatic heterocycles. The van der Waals surface area contributed by atoms with E-state index in [0.717, 1.165) is 16.0 Å². The average molecular weight is 463 g/mol. The van der Waals surface area contributed by atoms with Crippen LogP contribution in [0.2, 0.25) is 5.02 Å². The zero-order valence-corrected chi connectivity index (χ0v) is 19.5. The van der Waals surface area contributed by atoms with Crippen LogP contribution in [0.1, 0.15) is 16.7 Å². The molecule has 0 bridgehead atoms. The van der Waals surface area contributed by atoms with Crippen LogP contribution in [-0.4, -0.2) is 26.0 Å². The van der Waals surface area contributed by atoms with E-state index in [1.165, 1.54) is 7.11 Å². The van der Waals surface area contributed by atoms with Gasteiger partial charge in [-0.3, -0.25) is 9.59 Å². The summed E-state index contributed by atoms with van der Waals surface area (Å²) in [7, 11) is 3.03. The molecule has 1 aliphatic rings. The van der Waals surface area contributed by atoms with Gasteiger partial charge in [0.05, 0.1) is 31.2 Å². The van der Waals surface area contributed by atoms with Crippen LogP contribution in [0.25, 0.3) is 5.57 Å². The first-order valence-corrected chi connectivity index (χ1v) is 10.7. The summed E-state index contributed by atoms with van der Waals surface area (Å²) >= 11 is 6.19. The first-order chi connectivity index (χ1) is 15.8. The molecule has 0 fully saturated rings. The van der Waals surface area contributed by atoms with Crippen molar-refractivity contribution < 1.29 is 19.1 Å². The lowest BCUT2D eigenvalue weighted by Crippen LogP contribution is -2.32. The van der Waals surface area contributed by atoms with Gasteiger partial charge in [0.1, 0.15) is 17.2 Å². The molecule has 4 rings (SSSR count). The fraction of sp³-hybridized carbons (Fsp3) is 0.154. The van der Waals surface area contributed by atoms with Gasteiger partial charge in [-0.25, -0.2) is 4.90 Å². The van der Waals surface area contributed by atoms with Crippen molar-refractivity contribution in [3.8, 4) is 11.5 Å². The number of benzene rings is 3. The minimum Gasteiger partial charge on any atom is -0.495 e. The number of hydrogen-bond donors (Lipinski definition) is 1. The molecule has 168 valence electrons. The molecule has 0 saturated carbocycles. The summed E-state index contributed by atoms with van der Waals surface area (Å²) < 4.78 is 10.9. The third-order valence-corrected chi connectivity index (χ3v) is 5.66. The van der Waals surface area contributed by atoms with Gasteiger partial charge in [-0.05, 0) is 55.3 Å². The topological polar surface area (TPSA) is 67.9 Å². The Balaban J connectivity index is 1.89. The van der Waals surface area contributed by atoms with Crippen LogP contribution in [0, 0.1) is 13.8 Å². The van der Waals surface area contributed by atoms with Crippen molar-refractivity contribution in [2.24, 2.45) is 0 Å². The van der Waals surface area contributed by atoms with E-state index in [-0.39, 0.29) is 17.0 Å². The van der Waals surface area contributed by atoms with Crippen LogP contribution < -0.4 is 19.7 Å². The summed E-state index contributed by atoms with van der Waals surface area (Å²) in [6.07, 6.45) is 0. The van der Waals surface area contributed by atoms with Crippen molar-refractivity contribution >= 4 is 40.4 Å². The van der Waals surface area contributed by atoms with E-state index in [1.54, 1.807) is 25.3 Å². The van der Waals surface area contributed by atoms with Crippen LogP contribution >= 0.6 is 11.6 Å². The summed E-state index contributed by atoms with van der Waals surface area (Å²) in [5.41, 5.74) is 3.90. The SMILES string of the molecule is COc1ccc(C)cc1NC1=C(c2ccc(C)cc2)C(=O)N(c2cc(Cl)ccc2OC)C1=O. The summed E-state index contributed by atoms with van der Waals surface area (Å²) in [5.74, 6) is -0.0765. The Kier molecular flexibility index (Phi) is 6.11. The minimum atomic E-state index is -0.514. The van der Waals surface area contributed by atoms with Crippen LogP contribution in [0.15, 0.2) is 66.4 Å². The van der Waals surface area contributed by atoms with Crippen LogP contribution in [0.4, 0.5) is 11.4 Å². The number of methoxy groups -OCH3 is 2. The largest absolute Gasteiger partial charge is 0.495 e. The number of aryl methyl sites for hydroxylation is 2. The lowest BCUT2D eigenvalue weighted by atomic mass is 10.0. The quantitative estimate of drug-likeness (QED) is 0.499. The van der Waals surface area contributed by atoms with Gasteiger partial charge in [0.2, 0.25) is 0 Å². The van der Waals surface area contributed by atoms with E-state index >= 15 is 0 Å². The summed E-state index contributed by atoms with van der Waals surface area (Å²) in [5, 5.41) is 3.54. The number of nitrogens with one attached hydrogen (secondary N) is 1. The highest BCUT2D eigenvalue weighted by atomic mass is 35.5. The van der Waals surface area contributed by atoms with E-state index in [1.807, 2.05) is 56.3 Å². The van der Waals surface area contributed by atoms with Gasteiger partial charge in [0.15, 0.2) is 0 Å². The molecule has 0 aliphatic carbocycles. The number of imide groups is 1. The van der Waals surface area contributed by atoms with Crippen molar-refractivity contribution in [2.75, 3.05) is 24.4 Å². The predicted octanol–water partition coefficient (Wildman–Crippen LogP) is 5.37. The lowest BCUT2D eigenvalue weighted by molar-refractivity contribution is -0.120. The number of hydrogen-bond acceptors (Lipinski definition) is 5. The fourth-order valence-electron chi connectivity index (χ4n) is 3.74. The summed E-state index contributed by atoms with van der Waals surface area (Å²) in [6, 6.07) is 17.8. The zero-order chi connectivity index (χ0) is 23.7. The molecule has 3 aromatic rings. The fourth-order valence-corrected chi connectivity index (χ4v) is 3.91. The molecule has 33 heavy (non-hydrogen) atoms. The Morgan fingerprint density at radius 2 is 1.42 bits per heavy atom. The Morgan fingerprint density at radius 3 is 2.09 bits per heavy atom. The Morgan fingerprint density at radius 1 is 0.788 bits per heavy atom. The summed E-state index contributed by atoms with van der Waals surface area (Å²) in [6.45, 7) is 3.89. The van der Waals surface area contributed by atoms with Crippen molar-refractivity contribution in [3.63, 3.8) is 0 Å². The first kappa shape index (κ1) is 22.4. The maximum absolute atomic E-state index is 13.7. The number of nitrogens with zero attached hydrogens (tertiary/aromatic N) is 1. The van der Waals surface area contributed by atoms with Crippen molar-refractivity contribution in [1.29, 1.82) is 0 Å². The van der Waals surface area contributed by atoms with E-state index < -0.39 is 11.8 Å². The highest BCUT2D eigenvalue weighted by Crippen LogP contribution is 2.40. The molecule has 3 aromatic carbocycles. The molecule has 2 amide bonds. The van der Waals surface area contributed by atoms with E-state index in [4.69, 9.17) is 21.1 Å². The van der Waals surface area contributed by atoms with Crippen molar-refractivity contribution in [1.82, 2.24) is 0 Å². The van der Waals surface area contributed by atoms with Crippen molar-refractivity contribution in [2.45, 2.75) is 13.8 Å². The van der Waals surface area contributed by atoms with Gasteiger partial charge in [-0.1, -0.05) is 47.5 Å². The molecule has 0 radical (unpaired) electrons. The molecule has 0 spiro atoms. The molecule has 7 heteroatoms. The molecule has 1 N–H and O–H groups in total.